The molecule has 0 saturated carbocycles. The Hall–Kier alpha value is -4.05. The van der Waals surface area contributed by atoms with Crippen LogP contribution in [0.25, 0.3) is 0 Å². The quantitative estimate of drug-likeness (QED) is 0.543. The summed E-state index contributed by atoms with van der Waals surface area (Å²) < 4.78 is 0. The summed E-state index contributed by atoms with van der Waals surface area (Å²) in [5.41, 5.74) is 8.11. The van der Waals surface area contributed by atoms with E-state index in [4.69, 9.17) is 5.73 Å². The van der Waals surface area contributed by atoms with Crippen LogP contribution in [0.4, 0.5) is 10.8 Å². The maximum absolute atomic E-state index is 13.4. The fourth-order valence-electron chi connectivity index (χ4n) is 4.42. The van der Waals surface area contributed by atoms with Crippen LogP contribution in [0, 0.1) is 0 Å². The second-order valence-electron chi connectivity index (χ2n) is 8.09. The van der Waals surface area contributed by atoms with E-state index in [-0.39, 0.29) is 30.6 Å². The minimum absolute atomic E-state index is 0.0169. The topological polar surface area (TPSA) is 126 Å². The summed E-state index contributed by atoms with van der Waals surface area (Å²) in [5, 5.41) is 4.79. The van der Waals surface area contributed by atoms with Gasteiger partial charge in [-0.25, -0.2) is 4.98 Å². The number of anilines is 2. The number of fused-ring (bicyclic) bond motifs is 5. The van der Waals surface area contributed by atoms with Crippen molar-refractivity contribution in [1.29, 1.82) is 0 Å². The Bertz CT molecular complexity index is 1320. The van der Waals surface area contributed by atoms with Gasteiger partial charge in [0.2, 0.25) is 11.8 Å². The molecule has 2 aliphatic heterocycles. The van der Waals surface area contributed by atoms with Crippen LogP contribution < -0.4 is 16.0 Å². The third-order valence-corrected chi connectivity index (χ3v) is 6.65. The van der Waals surface area contributed by atoms with E-state index in [0.717, 1.165) is 5.56 Å². The summed E-state index contributed by atoms with van der Waals surface area (Å²) in [5.74, 6) is -1.04. The van der Waals surface area contributed by atoms with Gasteiger partial charge in [0, 0.05) is 29.5 Å². The molecule has 0 radical (unpaired) electrons. The van der Waals surface area contributed by atoms with Gasteiger partial charge >= 0.3 is 0 Å². The number of benzene rings is 2. The molecular weight excluding hydrogens is 454 g/mol. The second-order valence-corrected chi connectivity index (χ2v) is 8.95. The number of para-hydroxylation sites is 1. The molecule has 3 N–H and O–H groups in total. The molecule has 3 heterocycles. The lowest BCUT2D eigenvalue weighted by Gasteiger charge is -2.41. The number of thiazole rings is 1. The van der Waals surface area contributed by atoms with E-state index in [0.29, 0.717) is 40.6 Å². The number of carbonyl (C=O) groups excluding carboxylic acids is 4. The summed E-state index contributed by atoms with van der Waals surface area (Å²) in [6, 6.07) is 14.4. The molecule has 10 heteroatoms. The number of nitrogens with zero attached hydrogens (tertiary/aromatic N) is 3. The molecule has 2 aliphatic rings. The Balaban J connectivity index is 1.31. The van der Waals surface area contributed by atoms with E-state index in [1.54, 1.807) is 39.4 Å². The maximum atomic E-state index is 13.4. The van der Waals surface area contributed by atoms with Gasteiger partial charge in [-0.2, -0.15) is 0 Å². The molecule has 34 heavy (non-hydrogen) atoms. The molecule has 9 nitrogen and oxygen atoms in total. The highest BCUT2D eigenvalue weighted by Crippen LogP contribution is 2.45. The van der Waals surface area contributed by atoms with Crippen molar-refractivity contribution in [2.45, 2.75) is 25.4 Å². The van der Waals surface area contributed by atoms with Crippen LogP contribution in [0.15, 0.2) is 53.9 Å². The summed E-state index contributed by atoms with van der Waals surface area (Å²) in [7, 11) is 0. The zero-order chi connectivity index (χ0) is 23.8. The highest BCUT2D eigenvalue weighted by Gasteiger charge is 2.47. The van der Waals surface area contributed by atoms with Crippen molar-refractivity contribution < 1.29 is 19.2 Å². The summed E-state index contributed by atoms with van der Waals surface area (Å²) in [6.45, 7) is 0.300. The number of primary amides is 1. The molecule has 0 saturated heterocycles. The van der Waals surface area contributed by atoms with Gasteiger partial charge in [0.05, 0.1) is 23.4 Å². The minimum atomic E-state index is -0.538. The zero-order valence-electron chi connectivity index (χ0n) is 18.1. The number of amides is 4. The average Bonchev–Trinajstić information content (AvgIpc) is 3.37. The van der Waals surface area contributed by atoms with Crippen molar-refractivity contribution >= 4 is 45.8 Å². The van der Waals surface area contributed by atoms with Crippen LogP contribution in [0.5, 0.6) is 0 Å². The molecular formula is C24H21N5O4S. The summed E-state index contributed by atoms with van der Waals surface area (Å²) in [6.07, 6.45) is 0.0472. The van der Waals surface area contributed by atoms with Crippen molar-refractivity contribution in [3.05, 3.63) is 76.3 Å². The number of rotatable bonds is 7. The molecule has 1 unspecified atom stereocenters. The third kappa shape index (κ3) is 3.81. The van der Waals surface area contributed by atoms with Gasteiger partial charge in [0.15, 0.2) is 5.13 Å². The Morgan fingerprint density at radius 2 is 1.76 bits per heavy atom. The first-order valence-corrected chi connectivity index (χ1v) is 11.7. The molecule has 0 aliphatic carbocycles. The van der Waals surface area contributed by atoms with Crippen LogP contribution in [0.3, 0.4) is 0 Å². The number of hydrogen-bond donors (Lipinski definition) is 2. The standard InChI is InChI=1S/C24H21N5O4S/c25-19(30)12-14-13-34-24(26-14)27-20(31)10-5-11-28-21-15-6-1-2-7-16(15)23(33)29(21)18-9-4-3-8-17(18)22(28)32/h1-4,6-9,13,21H,5,10-12H2,(H2,25,30)(H,26,27,31). The van der Waals surface area contributed by atoms with E-state index in [9.17, 15) is 19.2 Å². The summed E-state index contributed by atoms with van der Waals surface area (Å²) in [4.78, 5) is 57.5. The van der Waals surface area contributed by atoms with E-state index < -0.39 is 12.1 Å². The van der Waals surface area contributed by atoms with Gasteiger partial charge < -0.3 is 16.0 Å². The molecule has 1 atom stereocenters. The van der Waals surface area contributed by atoms with Crippen molar-refractivity contribution in [2.24, 2.45) is 5.73 Å². The number of hydrogen-bond acceptors (Lipinski definition) is 6. The average molecular weight is 476 g/mol. The zero-order valence-corrected chi connectivity index (χ0v) is 18.9. The predicted octanol–water partition coefficient (Wildman–Crippen LogP) is 2.70. The van der Waals surface area contributed by atoms with Crippen LogP contribution >= 0.6 is 11.3 Å². The normalized spacial score (nSPS) is 16.2. The number of nitrogens with two attached hydrogens (primary N) is 1. The predicted molar refractivity (Wildman–Crippen MR) is 126 cm³/mol. The molecule has 3 aromatic rings. The Morgan fingerprint density at radius 3 is 2.56 bits per heavy atom. The summed E-state index contributed by atoms with van der Waals surface area (Å²) >= 11 is 1.22. The van der Waals surface area contributed by atoms with Gasteiger partial charge in [-0.1, -0.05) is 30.3 Å². The molecule has 172 valence electrons. The molecule has 0 bridgehead atoms. The molecule has 2 aromatic carbocycles. The fraction of sp³-hybridized carbons (Fsp3) is 0.208. The van der Waals surface area contributed by atoms with Gasteiger partial charge in [0.25, 0.3) is 11.8 Å². The monoisotopic (exact) mass is 475 g/mol. The lowest BCUT2D eigenvalue weighted by Crippen LogP contribution is -2.48. The lowest BCUT2D eigenvalue weighted by atomic mass is 10.0. The highest BCUT2D eigenvalue weighted by atomic mass is 32.1. The first-order chi connectivity index (χ1) is 16.4. The van der Waals surface area contributed by atoms with E-state index >= 15 is 0 Å². The Labute approximate surface area is 199 Å². The van der Waals surface area contributed by atoms with E-state index in [2.05, 4.69) is 10.3 Å². The molecule has 0 spiro atoms. The largest absolute Gasteiger partial charge is 0.369 e. The van der Waals surface area contributed by atoms with Crippen molar-refractivity contribution in [3.8, 4) is 0 Å². The van der Waals surface area contributed by atoms with Crippen LogP contribution in [0.2, 0.25) is 0 Å². The van der Waals surface area contributed by atoms with E-state index in [1.165, 1.54) is 11.3 Å². The van der Waals surface area contributed by atoms with Crippen molar-refractivity contribution in [2.75, 3.05) is 16.8 Å². The Kier molecular flexibility index (Phi) is 5.58. The molecule has 4 amide bonds. The minimum Gasteiger partial charge on any atom is -0.369 e. The maximum Gasteiger partial charge on any atom is 0.260 e. The second kappa shape index (κ2) is 8.71. The van der Waals surface area contributed by atoms with Gasteiger partial charge in [-0.15, -0.1) is 11.3 Å². The number of aromatic nitrogens is 1. The number of carbonyl (C=O) groups is 4. The first kappa shape index (κ1) is 21.8. The van der Waals surface area contributed by atoms with E-state index in [1.807, 2.05) is 24.3 Å². The lowest BCUT2D eigenvalue weighted by molar-refractivity contribution is -0.117. The first-order valence-electron chi connectivity index (χ1n) is 10.8. The van der Waals surface area contributed by atoms with Crippen LogP contribution in [-0.4, -0.2) is 40.1 Å². The smallest absolute Gasteiger partial charge is 0.260 e. The molecule has 1 aromatic heterocycles. The van der Waals surface area contributed by atoms with Crippen LogP contribution in [-0.2, 0) is 16.0 Å². The van der Waals surface area contributed by atoms with Gasteiger partial charge in [0.1, 0.15) is 6.17 Å². The third-order valence-electron chi connectivity index (χ3n) is 5.84. The van der Waals surface area contributed by atoms with Gasteiger partial charge in [-0.05, 0) is 24.6 Å². The molecule has 5 rings (SSSR count). The fourth-order valence-corrected chi connectivity index (χ4v) is 5.14. The van der Waals surface area contributed by atoms with Crippen LogP contribution in [0.1, 0.15) is 51.0 Å². The van der Waals surface area contributed by atoms with Gasteiger partial charge in [-0.3, -0.25) is 24.1 Å². The van der Waals surface area contributed by atoms with Crippen molar-refractivity contribution in [3.63, 3.8) is 0 Å². The van der Waals surface area contributed by atoms with Crippen molar-refractivity contribution in [1.82, 2.24) is 9.88 Å². The number of nitrogens with one attached hydrogen (secondary N) is 1. The Morgan fingerprint density at radius 1 is 1.03 bits per heavy atom. The molecule has 0 fully saturated rings. The SMILES string of the molecule is NC(=O)Cc1csc(NC(=O)CCCN2C(=O)c3ccccc3N3C(=O)c4ccccc4C23)n1. The highest BCUT2D eigenvalue weighted by molar-refractivity contribution is 7.13.